The molecule has 1 amide bonds. The summed E-state index contributed by atoms with van der Waals surface area (Å²) in [5.41, 5.74) is -0.738. The number of carbonyl (C=O) groups is 2. The standard InChI is InChI=1S/C10H16N2OS.C9H18O/c1-5-12(8(13)10(2,3)4)9-11-6-7-14-9;1-8(2,3)7(10)9(4,5)6/h6-7H,5H2,1-4H3;1-6H3. The first kappa shape index (κ1) is 22.8. The Hall–Kier alpha value is -1.23. The van der Waals surface area contributed by atoms with Gasteiger partial charge in [-0.05, 0) is 6.92 Å². The van der Waals surface area contributed by atoms with E-state index in [0.29, 0.717) is 12.3 Å². The third-order valence-electron chi connectivity index (χ3n) is 3.22. The largest absolute Gasteiger partial charge is 0.299 e. The second-order valence-corrected chi connectivity index (χ2v) is 9.82. The maximum absolute atomic E-state index is 12.0. The molecule has 0 saturated heterocycles. The Morgan fingerprint density at radius 3 is 1.62 bits per heavy atom. The van der Waals surface area contributed by atoms with E-state index in [1.807, 2.05) is 74.6 Å². The van der Waals surface area contributed by atoms with Crippen molar-refractivity contribution in [2.45, 2.75) is 69.2 Å². The van der Waals surface area contributed by atoms with E-state index in [9.17, 15) is 9.59 Å². The van der Waals surface area contributed by atoms with Gasteiger partial charge in [0, 0.05) is 34.4 Å². The van der Waals surface area contributed by atoms with Gasteiger partial charge < -0.3 is 0 Å². The van der Waals surface area contributed by atoms with Gasteiger partial charge in [-0.25, -0.2) is 4.98 Å². The van der Waals surface area contributed by atoms with Crippen LogP contribution in [0.25, 0.3) is 0 Å². The first-order valence-corrected chi connectivity index (χ1v) is 9.26. The van der Waals surface area contributed by atoms with Gasteiger partial charge >= 0.3 is 0 Å². The van der Waals surface area contributed by atoms with Crippen molar-refractivity contribution in [3.63, 3.8) is 0 Å². The van der Waals surface area contributed by atoms with Crippen molar-refractivity contribution in [2.75, 3.05) is 11.4 Å². The van der Waals surface area contributed by atoms with Crippen molar-refractivity contribution in [3.05, 3.63) is 11.6 Å². The van der Waals surface area contributed by atoms with Crippen molar-refractivity contribution in [1.29, 1.82) is 0 Å². The molecule has 5 heteroatoms. The normalized spacial score (nSPS) is 12.2. The Balaban J connectivity index is 0.000000470. The molecule has 0 aliphatic carbocycles. The Labute approximate surface area is 151 Å². The molecular formula is C19H34N2O2S. The molecule has 0 unspecified atom stereocenters. The summed E-state index contributed by atoms with van der Waals surface area (Å²) in [6.07, 6.45) is 1.72. The molecule has 24 heavy (non-hydrogen) atoms. The average Bonchev–Trinajstić information content (AvgIpc) is 2.90. The van der Waals surface area contributed by atoms with Gasteiger partial charge in [-0.3, -0.25) is 14.5 Å². The minimum Gasteiger partial charge on any atom is -0.299 e. The zero-order valence-electron chi connectivity index (χ0n) is 17.0. The number of Topliss-reactive ketones (excluding diaryl/α,β-unsaturated/α-hetero) is 1. The van der Waals surface area contributed by atoms with Crippen molar-refractivity contribution < 1.29 is 9.59 Å². The second kappa shape index (κ2) is 8.24. The van der Waals surface area contributed by atoms with Crippen LogP contribution in [0.15, 0.2) is 11.6 Å². The van der Waals surface area contributed by atoms with Crippen LogP contribution >= 0.6 is 11.3 Å². The van der Waals surface area contributed by atoms with Crippen LogP contribution in [-0.4, -0.2) is 23.2 Å². The van der Waals surface area contributed by atoms with E-state index in [1.54, 1.807) is 11.1 Å². The molecule has 1 rings (SSSR count). The molecular weight excluding hydrogens is 320 g/mol. The van der Waals surface area contributed by atoms with Crippen LogP contribution in [0.5, 0.6) is 0 Å². The van der Waals surface area contributed by atoms with Gasteiger partial charge in [-0.1, -0.05) is 62.3 Å². The van der Waals surface area contributed by atoms with Gasteiger partial charge in [-0.15, -0.1) is 11.3 Å². The molecule has 0 spiro atoms. The number of hydrogen-bond donors (Lipinski definition) is 0. The molecule has 0 aliphatic heterocycles. The van der Waals surface area contributed by atoms with E-state index in [1.165, 1.54) is 11.3 Å². The summed E-state index contributed by atoms with van der Waals surface area (Å²) in [7, 11) is 0. The van der Waals surface area contributed by atoms with Crippen LogP contribution in [-0.2, 0) is 9.59 Å². The molecule has 0 bridgehead atoms. The Morgan fingerprint density at radius 1 is 0.958 bits per heavy atom. The zero-order valence-corrected chi connectivity index (χ0v) is 17.8. The Kier molecular flexibility index (Phi) is 7.81. The summed E-state index contributed by atoms with van der Waals surface area (Å²) in [5.74, 6) is 0.440. The van der Waals surface area contributed by atoms with Crippen LogP contribution in [0.1, 0.15) is 69.2 Å². The summed E-state index contributed by atoms with van der Waals surface area (Å²) < 4.78 is 0. The van der Waals surface area contributed by atoms with Gasteiger partial charge in [0.25, 0.3) is 0 Å². The van der Waals surface area contributed by atoms with E-state index < -0.39 is 0 Å². The number of ketones is 1. The molecule has 0 aromatic carbocycles. The second-order valence-electron chi connectivity index (χ2n) is 8.94. The fourth-order valence-electron chi connectivity index (χ4n) is 2.24. The molecule has 0 saturated carbocycles. The highest BCUT2D eigenvalue weighted by Gasteiger charge is 2.31. The zero-order chi connectivity index (χ0) is 19.3. The molecule has 1 heterocycles. The lowest BCUT2D eigenvalue weighted by atomic mass is 9.76. The number of anilines is 1. The van der Waals surface area contributed by atoms with Crippen molar-refractivity contribution in [3.8, 4) is 0 Å². The Bertz CT molecular complexity index is 513. The van der Waals surface area contributed by atoms with Crippen LogP contribution in [0, 0.1) is 16.2 Å². The minimum atomic E-state index is -0.346. The molecule has 4 nitrogen and oxygen atoms in total. The minimum absolute atomic E-state index is 0.120. The molecule has 0 aliphatic rings. The van der Waals surface area contributed by atoms with Crippen LogP contribution in [0.2, 0.25) is 0 Å². The monoisotopic (exact) mass is 354 g/mol. The maximum Gasteiger partial charge on any atom is 0.234 e. The quantitative estimate of drug-likeness (QED) is 0.734. The van der Waals surface area contributed by atoms with Crippen molar-refractivity contribution >= 4 is 28.2 Å². The predicted molar refractivity (Wildman–Crippen MR) is 104 cm³/mol. The lowest BCUT2D eigenvalue weighted by molar-refractivity contribution is -0.134. The van der Waals surface area contributed by atoms with Crippen molar-refractivity contribution in [2.24, 2.45) is 16.2 Å². The predicted octanol–water partition coefficient (Wildman–Crippen LogP) is 5.19. The molecule has 1 aromatic heterocycles. The van der Waals surface area contributed by atoms with Gasteiger partial charge in [0.15, 0.2) is 5.13 Å². The number of thiazole rings is 1. The summed E-state index contributed by atoms with van der Waals surface area (Å²) in [6, 6.07) is 0. The van der Waals surface area contributed by atoms with E-state index in [4.69, 9.17) is 0 Å². The topological polar surface area (TPSA) is 50.3 Å². The van der Waals surface area contributed by atoms with E-state index in [0.717, 1.165) is 5.13 Å². The van der Waals surface area contributed by atoms with Gasteiger partial charge in [0.1, 0.15) is 5.78 Å². The highest BCUT2D eigenvalue weighted by molar-refractivity contribution is 7.13. The SMILES string of the molecule is CC(C)(C)C(=O)C(C)(C)C.CCN(C(=O)C(C)(C)C)c1nccs1. The smallest absolute Gasteiger partial charge is 0.234 e. The van der Waals surface area contributed by atoms with Crippen molar-refractivity contribution in [1.82, 2.24) is 4.98 Å². The number of aromatic nitrogens is 1. The third kappa shape index (κ3) is 7.12. The van der Waals surface area contributed by atoms with Crippen LogP contribution in [0.3, 0.4) is 0 Å². The van der Waals surface area contributed by atoms with Gasteiger partial charge in [-0.2, -0.15) is 0 Å². The van der Waals surface area contributed by atoms with E-state index in [2.05, 4.69) is 4.98 Å². The van der Waals surface area contributed by atoms with E-state index in [-0.39, 0.29) is 22.2 Å². The van der Waals surface area contributed by atoms with E-state index >= 15 is 0 Å². The molecule has 1 aromatic rings. The highest BCUT2D eigenvalue weighted by atomic mass is 32.1. The maximum atomic E-state index is 12.0. The summed E-state index contributed by atoms with van der Waals surface area (Å²) >= 11 is 1.49. The first-order chi connectivity index (χ1) is 10.6. The number of amides is 1. The Morgan fingerprint density at radius 2 is 1.42 bits per heavy atom. The first-order valence-electron chi connectivity index (χ1n) is 8.38. The summed E-state index contributed by atoms with van der Waals surface area (Å²) in [4.78, 5) is 29.3. The highest BCUT2D eigenvalue weighted by Crippen LogP contribution is 2.28. The lowest BCUT2D eigenvalue weighted by Gasteiger charge is -2.26. The summed E-state index contributed by atoms with van der Waals surface area (Å²) in [5, 5.41) is 2.67. The number of hydrogen-bond acceptors (Lipinski definition) is 4. The summed E-state index contributed by atoms with van der Waals surface area (Å²) in [6.45, 7) is 20.2. The number of carbonyl (C=O) groups excluding carboxylic acids is 2. The molecule has 0 fully saturated rings. The average molecular weight is 355 g/mol. The molecule has 0 atom stereocenters. The molecule has 0 N–H and O–H groups in total. The molecule has 0 radical (unpaired) electrons. The fourth-order valence-corrected chi connectivity index (χ4v) is 2.95. The third-order valence-corrected chi connectivity index (χ3v) is 4.01. The number of rotatable bonds is 2. The molecule has 138 valence electrons. The lowest BCUT2D eigenvalue weighted by Crippen LogP contribution is -2.39. The van der Waals surface area contributed by atoms with Crippen LogP contribution in [0.4, 0.5) is 5.13 Å². The van der Waals surface area contributed by atoms with Crippen LogP contribution < -0.4 is 4.90 Å². The van der Waals surface area contributed by atoms with Gasteiger partial charge in [0.05, 0.1) is 0 Å². The fraction of sp³-hybridized carbons (Fsp3) is 0.737. The van der Waals surface area contributed by atoms with Gasteiger partial charge in [0.2, 0.25) is 5.91 Å². The number of nitrogens with zero attached hydrogens (tertiary/aromatic N) is 2.